The number of amides is 1. The monoisotopic (exact) mass is 347 g/mol. The standard InChI is InChI=1S/C14H21N3O3S.ClH/c1-11(18)16-13-3-5-14(6-4-13)21(19,20)17-8-7-12(10-17)9-15-2;/h3-6,12,15H,7-10H2,1-2H3,(H,16,18);1H. The Morgan fingerprint density at radius 3 is 2.50 bits per heavy atom. The van der Waals surface area contributed by atoms with Crippen LogP contribution >= 0.6 is 12.4 Å². The number of benzene rings is 1. The van der Waals surface area contributed by atoms with Crippen molar-refractivity contribution in [3.63, 3.8) is 0 Å². The minimum absolute atomic E-state index is 0. The first kappa shape index (κ1) is 18.9. The van der Waals surface area contributed by atoms with Crippen molar-refractivity contribution in [3.8, 4) is 0 Å². The predicted octanol–water partition coefficient (Wildman–Crippen LogP) is 1.30. The smallest absolute Gasteiger partial charge is 0.243 e. The summed E-state index contributed by atoms with van der Waals surface area (Å²) in [5, 5.41) is 5.71. The molecule has 0 saturated carbocycles. The lowest BCUT2D eigenvalue weighted by atomic mass is 10.1. The molecule has 1 aromatic rings. The summed E-state index contributed by atoms with van der Waals surface area (Å²) in [6.07, 6.45) is 0.879. The van der Waals surface area contributed by atoms with Gasteiger partial charge in [0.2, 0.25) is 15.9 Å². The zero-order chi connectivity index (χ0) is 15.5. The number of nitrogens with one attached hydrogen (secondary N) is 2. The number of carbonyl (C=O) groups is 1. The van der Waals surface area contributed by atoms with Gasteiger partial charge in [-0.3, -0.25) is 4.79 Å². The molecule has 2 rings (SSSR count). The normalized spacial score (nSPS) is 18.7. The fourth-order valence-corrected chi connectivity index (χ4v) is 4.06. The van der Waals surface area contributed by atoms with Gasteiger partial charge in [-0.05, 0) is 50.2 Å². The van der Waals surface area contributed by atoms with Crippen LogP contribution in [0.2, 0.25) is 0 Å². The van der Waals surface area contributed by atoms with E-state index < -0.39 is 10.0 Å². The van der Waals surface area contributed by atoms with Gasteiger partial charge in [0.25, 0.3) is 0 Å². The second-order valence-corrected chi connectivity index (χ2v) is 7.22. The van der Waals surface area contributed by atoms with E-state index in [9.17, 15) is 13.2 Å². The third-order valence-electron chi connectivity index (χ3n) is 3.55. The van der Waals surface area contributed by atoms with E-state index in [4.69, 9.17) is 0 Å². The van der Waals surface area contributed by atoms with E-state index >= 15 is 0 Å². The summed E-state index contributed by atoms with van der Waals surface area (Å²) < 4.78 is 26.6. The first-order valence-electron chi connectivity index (χ1n) is 6.96. The Morgan fingerprint density at radius 1 is 1.32 bits per heavy atom. The minimum Gasteiger partial charge on any atom is -0.326 e. The highest BCUT2D eigenvalue weighted by Crippen LogP contribution is 2.24. The third-order valence-corrected chi connectivity index (χ3v) is 5.43. The molecule has 1 saturated heterocycles. The fourth-order valence-electron chi connectivity index (χ4n) is 2.53. The van der Waals surface area contributed by atoms with Gasteiger partial charge in [0.1, 0.15) is 0 Å². The second-order valence-electron chi connectivity index (χ2n) is 5.28. The summed E-state index contributed by atoms with van der Waals surface area (Å²) in [6, 6.07) is 6.28. The van der Waals surface area contributed by atoms with Crippen molar-refractivity contribution in [2.75, 3.05) is 32.0 Å². The van der Waals surface area contributed by atoms with E-state index in [2.05, 4.69) is 10.6 Å². The molecular weight excluding hydrogens is 326 g/mol. The quantitative estimate of drug-likeness (QED) is 0.841. The third kappa shape index (κ3) is 4.42. The van der Waals surface area contributed by atoms with Gasteiger partial charge in [-0.25, -0.2) is 8.42 Å². The van der Waals surface area contributed by atoms with Crippen LogP contribution in [0.15, 0.2) is 29.2 Å². The van der Waals surface area contributed by atoms with Gasteiger partial charge in [0.15, 0.2) is 0 Å². The van der Waals surface area contributed by atoms with Crippen molar-refractivity contribution < 1.29 is 13.2 Å². The Hall–Kier alpha value is -1.15. The Kier molecular flexibility index (Phi) is 6.80. The van der Waals surface area contributed by atoms with E-state index in [1.807, 2.05) is 7.05 Å². The Balaban J connectivity index is 0.00000242. The number of hydrogen-bond donors (Lipinski definition) is 2. The van der Waals surface area contributed by atoms with Gasteiger partial charge in [0, 0.05) is 25.7 Å². The topological polar surface area (TPSA) is 78.5 Å². The van der Waals surface area contributed by atoms with Crippen molar-refractivity contribution in [2.45, 2.75) is 18.2 Å². The van der Waals surface area contributed by atoms with Crippen LogP contribution in [0.5, 0.6) is 0 Å². The SMILES string of the molecule is CNCC1CCN(S(=O)(=O)c2ccc(NC(C)=O)cc2)C1.Cl. The van der Waals surface area contributed by atoms with Gasteiger partial charge in [0.05, 0.1) is 4.90 Å². The summed E-state index contributed by atoms with van der Waals surface area (Å²) >= 11 is 0. The molecule has 0 spiro atoms. The highest BCUT2D eigenvalue weighted by molar-refractivity contribution is 7.89. The number of sulfonamides is 1. The molecule has 1 unspecified atom stereocenters. The van der Waals surface area contributed by atoms with Crippen molar-refractivity contribution in [3.05, 3.63) is 24.3 Å². The van der Waals surface area contributed by atoms with Crippen LogP contribution in [0.1, 0.15) is 13.3 Å². The Labute approximate surface area is 137 Å². The Morgan fingerprint density at radius 2 is 1.95 bits per heavy atom. The highest BCUT2D eigenvalue weighted by Gasteiger charge is 2.32. The number of nitrogens with zero attached hydrogens (tertiary/aromatic N) is 1. The molecule has 1 fully saturated rings. The molecule has 1 heterocycles. The van der Waals surface area contributed by atoms with Gasteiger partial charge in [-0.15, -0.1) is 12.4 Å². The number of halogens is 1. The van der Waals surface area contributed by atoms with E-state index in [1.54, 1.807) is 12.1 Å². The maximum Gasteiger partial charge on any atom is 0.243 e. The zero-order valence-corrected chi connectivity index (χ0v) is 14.3. The molecule has 22 heavy (non-hydrogen) atoms. The molecular formula is C14H22ClN3O3S. The van der Waals surface area contributed by atoms with E-state index in [0.29, 0.717) is 24.7 Å². The molecule has 0 aromatic heterocycles. The average Bonchev–Trinajstić information content (AvgIpc) is 2.88. The lowest BCUT2D eigenvalue weighted by Gasteiger charge is -2.17. The van der Waals surface area contributed by atoms with Crippen LogP contribution < -0.4 is 10.6 Å². The van der Waals surface area contributed by atoms with E-state index in [1.165, 1.54) is 23.4 Å². The van der Waals surface area contributed by atoms with Crippen molar-refractivity contribution in [1.82, 2.24) is 9.62 Å². The second kappa shape index (κ2) is 7.92. The van der Waals surface area contributed by atoms with Crippen molar-refractivity contribution in [1.29, 1.82) is 0 Å². The van der Waals surface area contributed by atoms with E-state index in [0.717, 1.165) is 13.0 Å². The summed E-state index contributed by atoms with van der Waals surface area (Å²) in [4.78, 5) is 11.2. The lowest BCUT2D eigenvalue weighted by molar-refractivity contribution is -0.114. The largest absolute Gasteiger partial charge is 0.326 e. The molecule has 2 N–H and O–H groups in total. The van der Waals surface area contributed by atoms with Crippen LogP contribution in [0, 0.1) is 5.92 Å². The summed E-state index contributed by atoms with van der Waals surface area (Å²) in [5.41, 5.74) is 0.593. The Bertz CT molecular complexity index is 604. The number of rotatable bonds is 5. The highest BCUT2D eigenvalue weighted by atomic mass is 35.5. The molecule has 0 aliphatic carbocycles. The summed E-state index contributed by atoms with van der Waals surface area (Å²) in [5.74, 6) is 0.184. The van der Waals surface area contributed by atoms with Gasteiger partial charge >= 0.3 is 0 Å². The zero-order valence-electron chi connectivity index (χ0n) is 12.7. The van der Waals surface area contributed by atoms with Crippen molar-refractivity contribution >= 4 is 34.0 Å². The van der Waals surface area contributed by atoms with Crippen LogP contribution in [-0.4, -0.2) is 45.3 Å². The maximum atomic E-state index is 12.5. The average molecular weight is 348 g/mol. The molecule has 6 nitrogen and oxygen atoms in total. The molecule has 1 atom stereocenters. The summed E-state index contributed by atoms with van der Waals surface area (Å²) in [6.45, 7) is 3.35. The molecule has 1 aromatic carbocycles. The minimum atomic E-state index is -3.44. The number of anilines is 1. The first-order valence-corrected chi connectivity index (χ1v) is 8.40. The molecule has 1 aliphatic rings. The molecule has 0 radical (unpaired) electrons. The van der Waals surface area contributed by atoms with Gasteiger partial charge < -0.3 is 10.6 Å². The van der Waals surface area contributed by atoms with Gasteiger partial charge in [-0.1, -0.05) is 0 Å². The molecule has 124 valence electrons. The molecule has 1 aliphatic heterocycles. The van der Waals surface area contributed by atoms with Crippen molar-refractivity contribution in [2.24, 2.45) is 5.92 Å². The number of carbonyl (C=O) groups excluding carboxylic acids is 1. The lowest BCUT2D eigenvalue weighted by Crippen LogP contribution is -2.30. The molecule has 8 heteroatoms. The van der Waals surface area contributed by atoms with Gasteiger partial charge in [-0.2, -0.15) is 4.31 Å². The number of hydrogen-bond acceptors (Lipinski definition) is 4. The van der Waals surface area contributed by atoms with Crippen LogP contribution in [0.3, 0.4) is 0 Å². The van der Waals surface area contributed by atoms with Crippen LogP contribution in [-0.2, 0) is 14.8 Å². The van der Waals surface area contributed by atoms with E-state index in [-0.39, 0.29) is 23.2 Å². The fraction of sp³-hybridized carbons (Fsp3) is 0.500. The molecule has 1 amide bonds. The van der Waals surface area contributed by atoms with Crippen LogP contribution in [0.25, 0.3) is 0 Å². The van der Waals surface area contributed by atoms with Crippen LogP contribution in [0.4, 0.5) is 5.69 Å². The predicted molar refractivity (Wildman–Crippen MR) is 88.8 cm³/mol. The maximum absolute atomic E-state index is 12.5. The summed E-state index contributed by atoms with van der Waals surface area (Å²) in [7, 11) is -1.57. The molecule has 0 bridgehead atoms. The first-order chi connectivity index (χ1) is 9.93.